The molecule has 1 aromatic carbocycles. The number of ether oxygens (including phenoxy) is 2. The van der Waals surface area contributed by atoms with Gasteiger partial charge in [-0.3, -0.25) is 4.57 Å². The van der Waals surface area contributed by atoms with Crippen molar-refractivity contribution in [1.82, 2.24) is 14.0 Å². The summed E-state index contributed by atoms with van der Waals surface area (Å²) in [6.45, 7) is 11.7. The number of allylic oxidation sites excluding steroid dienone is 1. The number of benzene rings is 1. The van der Waals surface area contributed by atoms with E-state index in [1.807, 2.05) is 0 Å². The van der Waals surface area contributed by atoms with Crippen LogP contribution in [0.4, 0.5) is 22.8 Å². The number of amides is 3. The van der Waals surface area contributed by atoms with Crippen LogP contribution in [0.15, 0.2) is 47.0 Å². The van der Waals surface area contributed by atoms with Gasteiger partial charge in [-0.25, -0.2) is 28.9 Å². The number of carbonyl (C=O) groups is 4. The molecule has 1 saturated heterocycles. The number of hydrogen-bond donors (Lipinski definition) is 0. The summed E-state index contributed by atoms with van der Waals surface area (Å²) in [4.78, 5) is 68.7. The third-order valence-corrected chi connectivity index (χ3v) is 8.57. The summed E-state index contributed by atoms with van der Waals surface area (Å²) in [5, 5.41) is 0.293. The lowest BCUT2D eigenvalue weighted by atomic mass is 9.97. The molecule has 46 heavy (non-hydrogen) atoms. The molecule has 3 amide bonds. The number of aromatic nitrogens is 2. The molecule has 5 rings (SSSR count). The van der Waals surface area contributed by atoms with Crippen LogP contribution in [-0.2, 0) is 44.2 Å². The van der Waals surface area contributed by atoms with Gasteiger partial charge in [0.1, 0.15) is 5.60 Å². The highest BCUT2D eigenvalue weighted by Gasteiger charge is 2.83. The molecule has 0 bridgehead atoms. The predicted molar refractivity (Wildman–Crippen MR) is 158 cm³/mol. The Morgan fingerprint density at radius 1 is 1.13 bits per heavy atom. The minimum absolute atomic E-state index is 0.00330. The van der Waals surface area contributed by atoms with Crippen molar-refractivity contribution in [1.29, 1.82) is 0 Å². The van der Waals surface area contributed by atoms with Crippen molar-refractivity contribution in [2.24, 2.45) is 7.05 Å². The summed E-state index contributed by atoms with van der Waals surface area (Å²) in [7, 11) is 1.44. The smallest absolute Gasteiger partial charge is 0.436 e. The highest BCUT2D eigenvalue weighted by Crippen LogP contribution is 2.62. The summed E-state index contributed by atoms with van der Waals surface area (Å²) in [6, 6.07) is 2.83. The molecular weight excluding hydrogens is 609 g/mol. The van der Waals surface area contributed by atoms with E-state index in [1.165, 1.54) is 36.7 Å². The van der Waals surface area contributed by atoms with E-state index in [2.05, 4.69) is 6.58 Å². The van der Waals surface area contributed by atoms with Gasteiger partial charge >= 0.3 is 35.9 Å². The van der Waals surface area contributed by atoms with Crippen LogP contribution in [0, 0.1) is 0 Å². The Morgan fingerprint density at radius 2 is 1.80 bits per heavy atom. The van der Waals surface area contributed by atoms with Gasteiger partial charge in [0.25, 0.3) is 0 Å². The Balaban J connectivity index is 1.68. The number of imidazole rings is 1. The first-order chi connectivity index (χ1) is 21.4. The van der Waals surface area contributed by atoms with Gasteiger partial charge in [0, 0.05) is 30.9 Å². The largest absolute Gasteiger partial charge is 0.462 e. The van der Waals surface area contributed by atoms with E-state index in [1.54, 1.807) is 33.8 Å². The van der Waals surface area contributed by atoms with Crippen molar-refractivity contribution in [3.05, 3.63) is 80.1 Å². The number of esters is 1. The van der Waals surface area contributed by atoms with Crippen LogP contribution in [0.2, 0.25) is 0 Å². The van der Waals surface area contributed by atoms with Crippen LogP contribution < -0.4 is 16.4 Å². The minimum atomic E-state index is -4.65. The molecule has 244 valence electrons. The van der Waals surface area contributed by atoms with E-state index < -0.39 is 62.6 Å². The number of nitrogens with zero attached hydrogens (tertiary/aromatic N) is 4. The molecule has 2 aliphatic heterocycles. The van der Waals surface area contributed by atoms with Crippen molar-refractivity contribution >= 4 is 36.2 Å². The molecule has 11 nitrogen and oxygen atoms in total. The van der Waals surface area contributed by atoms with Crippen molar-refractivity contribution in [2.45, 2.75) is 64.8 Å². The number of alkyl halides is 3. The lowest BCUT2D eigenvalue weighted by molar-refractivity contribution is -0.672. The van der Waals surface area contributed by atoms with E-state index in [0.717, 1.165) is 21.7 Å². The van der Waals surface area contributed by atoms with Crippen LogP contribution in [0.5, 0.6) is 0 Å². The molecule has 0 radical (unpaired) electrons. The number of quaternary nitrogens is 1. The van der Waals surface area contributed by atoms with E-state index in [0.29, 0.717) is 0 Å². The molecule has 1 aliphatic carbocycles. The molecule has 0 saturated carbocycles. The number of urea groups is 1. The van der Waals surface area contributed by atoms with Gasteiger partial charge in [0.2, 0.25) is 0 Å². The molecular formula is C32H34F3N4O7+. The van der Waals surface area contributed by atoms with E-state index in [4.69, 9.17) is 9.47 Å². The van der Waals surface area contributed by atoms with E-state index >= 15 is 0 Å². The van der Waals surface area contributed by atoms with Crippen LogP contribution in [-0.4, -0.2) is 61.3 Å². The summed E-state index contributed by atoms with van der Waals surface area (Å²) in [6.07, 6.45) is -1.80. The third kappa shape index (κ3) is 4.73. The second-order valence-corrected chi connectivity index (χ2v) is 12.4. The average Bonchev–Trinajstić information content (AvgIpc) is 3.39. The number of imide groups is 1. The maximum atomic E-state index is 14.4. The molecule has 2 unspecified atom stereocenters. The lowest BCUT2D eigenvalue weighted by Crippen LogP contribution is -2.55. The van der Waals surface area contributed by atoms with E-state index in [9.17, 15) is 37.1 Å². The first kappa shape index (κ1) is 32.7. The minimum Gasteiger partial charge on any atom is -0.462 e. The Morgan fingerprint density at radius 3 is 2.39 bits per heavy atom. The van der Waals surface area contributed by atoms with Crippen molar-refractivity contribution < 1.29 is 46.3 Å². The predicted octanol–water partition coefficient (Wildman–Crippen LogP) is 3.16. The van der Waals surface area contributed by atoms with Crippen molar-refractivity contribution in [2.75, 3.05) is 13.2 Å². The average molecular weight is 644 g/mol. The van der Waals surface area contributed by atoms with Gasteiger partial charge < -0.3 is 9.47 Å². The lowest BCUT2D eigenvalue weighted by Gasteiger charge is -2.30. The fraction of sp³-hybridized carbons (Fsp3) is 0.406. The molecule has 1 fully saturated rings. The van der Waals surface area contributed by atoms with Crippen molar-refractivity contribution in [3.63, 3.8) is 0 Å². The monoisotopic (exact) mass is 643 g/mol. The van der Waals surface area contributed by atoms with Gasteiger partial charge in [-0.05, 0) is 58.7 Å². The van der Waals surface area contributed by atoms with Gasteiger partial charge in [0.15, 0.2) is 17.7 Å². The zero-order chi connectivity index (χ0) is 34.1. The molecule has 3 heterocycles. The maximum absolute atomic E-state index is 14.4. The Kier molecular flexibility index (Phi) is 7.59. The SMILES string of the molecule is C=C(/C=c1\c(=C/C)n(C)c(=O)n1C(=O)OC(C)(C)C)N1C=C(C(=O)OCC)C(=O)[N+]2(CC23CCc2c(C(F)(F)F)cccc23)C1=O. The van der Waals surface area contributed by atoms with Crippen LogP contribution in [0.3, 0.4) is 0 Å². The first-order valence-electron chi connectivity index (χ1n) is 14.6. The van der Waals surface area contributed by atoms with Gasteiger partial charge in [0.05, 0.1) is 22.9 Å². The van der Waals surface area contributed by atoms with Gasteiger partial charge in [-0.1, -0.05) is 24.8 Å². The second-order valence-electron chi connectivity index (χ2n) is 12.4. The molecule has 2 spiro atoms. The van der Waals surface area contributed by atoms with Crippen LogP contribution in [0.25, 0.3) is 12.2 Å². The molecule has 14 heteroatoms. The zero-order valence-corrected chi connectivity index (χ0v) is 26.3. The Labute approximate surface area is 261 Å². The van der Waals surface area contributed by atoms with Gasteiger partial charge in [-0.2, -0.15) is 22.2 Å². The Bertz CT molecular complexity index is 1950. The van der Waals surface area contributed by atoms with Crippen molar-refractivity contribution in [3.8, 4) is 0 Å². The fourth-order valence-electron chi connectivity index (χ4n) is 6.56. The van der Waals surface area contributed by atoms with E-state index in [-0.39, 0.29) is 53.5 Å². The topological polar surface area (TPSA) is 117 Å². The number of hydrogen-bond acceptors (Lipinski definition) is 7. The summed E-state index contributed by atoms with van der Waals surface area (Å²) >= 11 is 0. The number of halogens is 3. The number of fused-ring (bicyclic) bond motifs is 3. The molecule has 2 aromatic rings. The summed E-state index contributed by atoms with van der Waals surface area (Å²) in [5.41, 5.74) is -4.28. The van der Waals surface area contributed by atoms with Crippen LogP contribution >= 0.6 is 0 Å². The number of rotatable bonds is 4. The highest BCUT2D eigenvalue weighted by molar-refractivity contribution is 6.18. The Hall–Kier alpha value is -4.72. The third-order valence-electron chi connectivity index (χ3n) is 8.57. The molecule has 2 atom stereocenters. The summed E-state index contributed by atoms with van der Waals surface area (Å²) < 4.78 is 53.3. The van der Waals surface area contributed by atoms with Crippen LogP contribution in [0.1, 0.15) is 57.7 Å². The quantitative estimate of drug-likeness (QED) is 0.218. The fourth-order valence-corrected chi connectivity index (χ4v) is 6.56. The first-order valence-corrected chi connectivity index (χ1v) is 14.6. The normalized spacial score (nSPS) is 23.2. The number of carbonyl (C=O) groups excluding carboxylic acids is 4. The highest BCUT2D eigenvalue weighted by atomic mass is 19.4. The molecule has 1 aromatic heterocycles. The zero-order valence-electron chi connectivity index (χ0n) is 26.3. The summed E-state index contributed by atoms with van der Waals surface area (Å²) in [5.74, 6) is -1.92. The van der Waals surface area contributed by atoms with Gasteiger partial charge in [-0.15, -0.1) is 0 Å². The second kappa shape index (κ2) is 10.7. The molecule has 0 N–H and O–H groups in total. The molecule has 3 aliphatic rings. The standard InChI is InChI=1S/C32H34F3N4O7/c1-8-23-24(38(27(42)36(23)7)29(44)46-30(4,5)6)15-18(3)37-16-20(26(41)45-9-2)25(40)39(28(37)43)17-31(39)14-13-19-21(31)11-10-12-22(19)32(33,34)35/h8,10-12,15-16H,3,9,13-14,17H2,1-2,4-7H3/q+1/b23-8+,24-15+. The maximum Gasteiger partial charge on any atom is 0.436 e.